The number of carbonyl (C=O) groups excluding carboxylic acids is 2. The molecular weight excluding hydrogens is 258 g/mol. The normalized spacial score (nSPS) is 19.7. The Morgan fingerprint density at radius 3 is 2.10 bits per heavy atom. The first-order chi connectivity index (χ1) is 8.99. The highest BCUT2D eigenvalue weighted by Gasteiger charge is 2.35. The Bertz CT molecular complexity index is 401. The van der Waals surface area contributed by atoms with Crippen LogP contribution in [0.3, 0.4) is 0 Å². The van der Waals surface area contributed by atoms with E-state index in [-0.39, 0.29) is 0 Å². The van der Waals surface area contributed by atoms with Crippen molar-refractivity contribution in [1.82, 2.24) is 4.90 Å². The lowest BCUT2D eigenvalue weighted by Gasteiger charge is -2.33. The van der Waals surface area contributed by atoms with E-state index in [2.05, 4.69) is 0 Å². The van der Waals surface area contributed by atoms with Crippen LogP contribution in [0.25, 0.3) is 0 Å². The lowest BCUT2D eigenvalue weighted by Crippen LogP contribution is -2.47. The molecule has 0 spiro atoms. The summed E-state index contributed by atoms with van der Waals surface area (Å²) in [5.74, 6) is -0.396. The fourth-order valence-corrected chi connectivity index (χ4v) is 1.79. The summed E-state index contributed by atoms with van der Waals surface area (Å²) in [6.07, 6.45) is 4.22. The molecule has 0 saturated carbocycles. The Balaban J connectivity index is 2.81. The van der Waals surface area contributed by atoms with Gasteiger partial charge in [0.15, 0.2) is 0 Å². The van der Waals surface area contributed by atoms with E-state index < -0.39 is 29.3 Å². The molecule has 1 aliphatic rings. The minimum Gasteiger partial charge on any atom is -0.458 e. The standard InChI is InChI=1S/C15H25NO4/c1-14(2,3)19-12(17)11-9-7-8-10-16(11)13(18)20-15(4,5)6/h8,10-11H,7,9H2,1-6H3. The van der Waals surface area contributed by atoms with Crippen LogP contribution in [0.4, 0.5) is 4.79 Å². The molecule has 1 atom stereocenters. The Kier molecular flexibility index (Phi) is 4.84. The van der Waals surface area contributed by atoms with Crippen molar-refractivity contribution in [1.29, 1.82) is 0 Å². The average molecular weight is 283 g/mol. The van der Waals surface area contributed by atoms with Gasteiger partial charge in [-0.1, -0.05) is 6.08 Å². The fraction of sp³-hybridized carbons (Fsp3) is 0.733. The Labute approximate surface area is 120 Å². The highest BCUT2D eigenvalue weighted by molar-refractivity contribution is 5.82. The zero-order valence-corrected chi connectivity index (χ0v) is 13.2. The molecule has 0 aromatic carbocycles. The molecule has 0 aromatic rings. The summed E-state index contributed by atoms with van der Waals surface area (Å²) >= 11 is 0. The second kappa shape index (κ2) is 5.85. The zero-order valence-electron chi connectivity index (χ0n) is 13.2. The van der Waals surface area contributed by atoms with E-state index in [9.17, 15) is 9.59 Å². The summed E-state index contributed by atoms with van der Waals surface area (Å²) in [7, 11) is 0. The van der Waals surface area contributed by atoms with E-state index in [4.69, 9.17) is 9.47 Å². The van der Waals surface area contributed by atoms with Crippen LogP contribution in [0.5, 0.6) is 0 Å². The summed E-state index contributed by atoms with van der Waals surface area (Å²) in [6, 6.07) is -0.617. The molecule has 1 aliphatic heterocycles. The van der Waals surface area contributed by atoms with Crippen molar-refractivity contribution in [3.05, 3.63) is 12.3 Å². The summed E-state index contributed by atoms with van der Waals surface area (Å²) in [6.45, 7) is 10.8. The first-order valence-corrected chi connectivity index (χ1v) is 6.90. The second-order valence-corrected chi connectivity index (χ2v) is 6.90. The molecule has 1 unspecified atom stereocenters. The van der Waals surface area contributed by atoms with Gasteiger partial charge in [-0.2, -0.15) is 0 Å². The van der Waals surface area contributed by atoms with Crippen LogP contribution < -0.4 is 0 Å². The molecule has 0 fully saturated rings. The zero-order chi connectivity index (χ0) is 15.6. The van der Waals surface area contributed by atoms with Crippen LogP contribution in [0.2, 0.25) is 0 Å². The van der Waals surface area contributed by atoms with E-state index in [0.29, 0.717) is 6.42 Å². The maximum absolute atomic E-state index is 12.2. The number of carbonyl (C=O) groups is 2. The summed E-state index contributed by atoms with van der Waals surface area (Å²) < 4.78 is 10.7. The number of hydrogen-bond donors (Lipinski definition) is 0. The van der Waals surface area contributed by atoms with Gasteiger partial charge < -0.3 is 9.47 Å². The Morgan fingerprint density at radius 1 is 1.05 bits per heavy atom. The highest BCUT2D eigenvalue weighted by atomic mass is 16.6. The third kappa shape index (κ3) is 5.23. The van der Waals surface area contributed by atoms with Gasteiger partial charge in [0.1, 0.15) is 17.2 Å². The Hall–Kier alpha value is -1.52. The van der Waals surface area contributed by atoms with Crippen LogP contribution in [-0.4, -0.2) is 34.2 Å². The molecule has 0 bridgehead atoms. The van der Waals surface area contributed by atoms with Crippen LogP contribution in [0, 0.1) is 0 Å². The number of allylic oxidation sites excluding steroid dienone is 1. The predicted molar refractivity (Wildman–Crippen MR) is 76.1 cm³/mol. The third-order valence-corrected chi connectivity index (χ3v) is 2.49. The maximum atomic E-state index is 12.2. The van der Waals surface area contributed by atoms with E-state index in [1.165, 1.54) is 4.90 Å². The molecule has 1 rings (SSSR count). The van der Waals surface area contributed by atoms with E-state index in [0.717, 1.165) is 6.42 Å². The molecule has 1 amide bonds. The second-order valence-electron chi connectivity index (χ2n) is 6.90. The van der Waals surface area contributed by atoms with Gasteiger partial charge >= 0.3 is 12.1 Å². The lowest BCUT2D eigenvalue weighted by atomic mass is 10.1. The molecule has 0 radical (unpaired) electrons. The minimum absolute atomic E-state index is 0.396. The molecular formula is C15H25NO4. The molecule has 114 valence electrons. The molecule has 20 heavy (non-hydrogen) atoms. The van der Waals surface area contributed by atoms with Crippen molar-refractivity contribution in [2.45, 2.75) is 71.6 Å². The van der Waals surface area contributed by atoms with Gasteiger partial charge in [-0.15, -0.1) is 0 Å². The SMILES string of the molecule is CC(C)(C)OC(=O)C1CCC=CN1C(=O)OC(C)(C)C. The van der Waals surface area contributed by atoms with Crippen LogP contribution >= 0.6 is 0 Å². The monoisotopic (exact) mass is 283 g/mol. The van der Waals surface area contributed by atoms with E-state index in [1.807, 2.05) is 6.08 Å². The van der Waals surface area contributed by atoms with Crippen LogP contribution in [-0.2, 0) is 14.3 Å². The maximum Gasteiger partial charge on any atom is 0.415 e. The summed E-state index contributed by atoms with van der Waals surface area (Å²) in [5, 5.41) is 0. The van der Waals surface area contributed by atoms with Gasteiger partial charge in [0.05, 0.1) is 0 Å². The van der Waals surface area contributed by atoms with Crippen molar-refractivity contribution >= 4 is 12.1 Å². The Morgan fingerprint density at radius 2 is 1.60 bits per heavy atom. The van der Waals surface area contributed by atoms with Gasteiger partial charge in [0.2, 0.25) is 0 Å². The molecule has 0 aromatic heterocycles. The molecule has 5 nitrogen and oxygen atoms in total. The van der Waals surface area contributed by atoms with E-state index >= 15 is 0 Å². The molecule has 0 N–H and O–H groups in total. The average Bonchev–Trinajstić information content (AvgIpc) is 2.24. The van der Waals surface area contributed by atoms with Crippen molar-refractivity contribution < 1.29 is 19.1 Å². The van der Waals surface area contributed by atoms with Crippen LogP contribution in [0.15, 0.2) is 12.3 Å². The number of nitrogens with zero attached hydrogens (tertiary/aromatic N) is 1. The van der Waals surface area contributed by atoms with Crippen molar-refractivity contribution in [3.8, 4) is 0 Å². The van der Waals surface area contributed by atoms with Crippen molar-refractivity contribution in [3.63, 3.8) is 0 Å². The first kappa shape index (κ1) is 16.5. The van der Waals surface area contributed by atoms with Gasteiger partial charge in [-0.3, -0.25) is 4.90 Å². The third-order valence-electron chi connectivity index (χ3n) is 2.49. The van der Waals surface area contributed by atoms with Gasteiger partial charge in [-0.25, -0.2) is 9.59 Å². The first-order valence-electron chi connectivity index (χ1n) is 6.90. The molecule has 0 aliphatic carbocycles. The highest BCUT2D eigenvalue weighted by Crippen LogP contribution is 2.21. The lowest BCUT2D eigenvalue weighted by molar-refractivity contribution is -0.160. The number of amides is 1. The predicted octanol–water partition coefficient (Wildman–Crippen LogP) is 3.24. The summed E-state index contributed by atoms with van der Waals surface area (Å²) in [4.78, 5) is 25.6. The smallest absolute Gasteiger partial charge is 0.415 e. The van der Waals surface area contributed by atoms with Crippen LogP contribution in [0.1, 0.15) is 54.4 Å². The largest absolute Gasteiger partial charge is 0.458 e. The van der Waals surface area contributed by atoms with Gasteiger partial charge in [0.25, 0.3) is 0 Å². The van der Waals surface area contributed by atoms with Gasteiger partial charge in [-0.05, 0) is 54.4 Å². The van der Waals surface area contributed by atoms with Crippen molar-refractivity contribution in [2.24, 2.45) is 0 Å². The number of esters is 1. The topological polar surface area (TPSA) is 55.8 Å². The number of hydrogen-bond acceptors (Lipinski definition) is 4. The van der Waals surface area contributed by atoms with Gasteiger partial charge in [0, 0.05) is 6.20 Å². The minimum atomic E-state index is -0.617. The van der Waals surface area contributed by atoms with Crippen molar-refractivity contribution in [2.75, 3.05) is 0 Å². The molecule has 1 heterocycles. The number of ether oxygens (including phenoxy) is 2. The fourth-order valence-electron chi connectivity index (χ4n) is 1.79. The van der Waals surface area contributed by atoms with E-state index in [1.54, 1.807) is 47.7 Å². The molecule has 0 saturated heterocycles. The molecule has 5 heteroatoms. The quantitative estimate of drug-likeness (QED) is 0.693. The number of rotatable bonds is 1. The summed E-state index contributed by atoms with van der Waals surface area (Å²) in [5.41, 5.74) is -1.17.